The molecular formula is C11H13ClN2O2S. The smallest absolute Gasteiger partial charge is 0.337 e. The van der Waals surface area contributed by atoms with Crippen LogP contribution in [0.15, 0.2) is 12.3 Å². The molecule has 0 spiro atoms. The first-order chi connectivity index (χ1) is 8.16. The van der Waals surface area contributed by atoms with Crippen molar-refractivity contribution in [1.82, 2.24) is 4.98 Å². The molecule has 1 unspecified atom stereocenters. The molecule has 0 bridgehead atoms. The van der Waals surface area contributed by atoms with Crippen LogP contribution < -0.4 is 5.32 Å². The lowest BCUT2D eigenvalue weighted by Crippen LogP contribution is -2.14. The van der Waals surface area contributed by atoms with Crippen LogP contribution >= 0.6 is 23.4 Å². The number of pyridine rings is 1. The van der Waals surface area contributed by atoms with Crippen LogP contribution in [0.3, 0.4) is 0 Å². The summed E-state index contributed by atoms with van der Waals surface area (Å²) in [7, 11) is 0. The highest BCUT2D eigenvalue weighted by atomic mass is 35.5. The van der Waals surface area contributed by atoms with Gasteiger partial charge < -0.3 is 10.4 Å². The van der Waals surface area contributed by atoms with E-state index < -0.39 is 5.97 Å². The third kappa shape index (κ3) is 3.26. The topological polar surface area (TPSA) is 62.2 Å². The third-order valence-corrected chi connectivity index (χ3v) is 4.32. The number of hydrogen-bond acceptors (Lipinski definition) is 4. The summed E-state index contributed by atoms with van der Waals surface area (Å²) in [6, 6.07) is 1.48. The largest absolute Gasteiger partial charge is 0.478 e. The minimum atomic E-state index is -1.03. The Kier molecular flexibility index (Phi) is 4.12. The lowest BCUT2D eigenvalue weighted by atomic mass is 10.2. The number of carboxylic acids is 1. The summed E-state index contributed by atoms with van der Waals surface area (Å²) in [6.45, 7) is 0.818. The van der Waals surface area contributed by atoms with Gasteiger partial charge in [-0.2, -0.15) is 11.8 Å². The van der Waals surface area contributed by atoms with Gasteiger partial charge in [0, 0.05) is 18.0 Å². The Morgan fingerprint density at radius 2 is 2.53 bits per heavy atom. The van der Waals surface area contributed by atoms with Crippen molar-refractivity contribution in [3.63, 3.8) is 0 Å². The Labute approximate surface area is 109 Å². The minimum absolute atomic E-state index is 0.0863. The highest BCUT2D eigenvalue weighted by Gasteiger charge is 2.16. The molecule has 0 aliphatic carbocycles. The van der Waals surface area contributed by atoms with E-state index >= 15 is 0 Å². The summed E-state index contributed by atoms with van der Waals surface area (Å²) in [6.07, 6.45) is 3.83. The number of nitrogens with one attached hydrogen (secondary N) is 1. The number of anilines is 1. The summed E-state index contributed by atoms with van der Waals surface area (Å²) in [5, 5.41) is 12.8. The lowest BCUT2D eigenvalue weighted by Gasteiger charge is -2.11. The molecule has 1 aliphatic rings. The van der Waals surface area contributed by atoms with Gasteiger partial charge in [-0.15, -0.1) is 0 Å². The van der Waals surface area contributed by atoms with Gasteiger partial charge in [-0.1, -0.05) is 11.6 Å². The molecule has 1 aliphatic heterocycles. The highest BCUT2D eigenvalue weighted by molar-refractivity contribution is 8.00. The van der Waals surface area contributed by atoms with Gasteiger partial charge in [0.1, 0.15) is 5.82 Å². The van der Waals surface area contributed by atoms with E-state index in [4.69, 9.17) is 16.7 Å². The molecule has 1 fully saturated rings. The van der Waals surface area contributed by atoms with Gasteiger partial charge in [-0.3, -0.25) is 0 Å². The van der Waals surface area contributed by atoms with Gasteiger partial charge in [0.2, 0.25) is 0 Å². The first kappa shape index (κ1) is 12.5. The minimum Gasteiger partial charge on any atom is -0.478 e. The molecule has 6 heteroatoms. The van der Waals surface area contributed by atoms with E-state index in [9.17, 15) is 4.79 Å². The van der Waals surface area contributed by atoms with Crippen LogP contribution in [0.4, 0.5) is 5.82 Å². The van der Waals surface area contributed by atoms with Gasteiger partial charge >= 0.3 is 5.97 Å². The number of rotatable bonds is 4. The number of halogens is 1. The van der Waals surface area contributed by atoms with Gasteiger partial charge in [-0.05, 0) is 24.7 Å². The third-order valence-electron chi connectivity index (χ3n) is 2.62. The Morgan fingerprint density at radius 3 is 3.18 bits per heavy atom. The van der Waals surface area contributed by atoms with E-state index in [2.05, 4.69) is 10.3 Å². The van der Waals surface area contributed by atoms with E-state index in [1.165, 1.54) is 30.9 Å². The van der Waals surface area contributed by atoms with Crippen LogP contribution in [0.5, 0.6) is 0 Å². The predicted molar refractivity (Wildman–Crippen MR) is 70.2 cm³/mol. The number of carboxylic acid groups (broad SMARTS) is 1. The van der Waals surface area contributed by atoms with Crippen LogP contribution in [0, 0.1) is 0 Å². The molecule has 0 radical (unpaired) electrons. The summed E-state index contributed by atoms with van der Waals surface area (Å²) in [4.78, 5) is 15.0. The molecule has 0 saturated carbocycles. The van der Waals surface area contributed by atoms with Gasteiger partial charge in [0.25, 0.3) is 0 Å². The fraction of sp³-hybridized carbons (Fsp3) is 0.455. The first-order valence-electron chi connectivity index (χ1n) is 5.41. The maximum atomic E-state index is 10.9. The van der Waals surface area contributed by atoms with Crippen LogP contribution in [0.25, 0.3) is 0 Å². The summed E-state index contributed by atoms with van der Waals surface area (Å²) in [5.74, 6) is 0.746. The summed E-state index contributed by atoms with van der Waals surface area (Å²) < 4.78 is 0. The van der Waals surface area contributed by atoms with Crippen LogP contribution in [-0.2, 0) is 0 Å². The maximum absolute atomic E-state index is 10.9. The Morgan fingerprint density at radius 1 is 1.71 bits per heavy atom. The molecular weight excluding hydrogens is 260 g/mol. The van der Waals surface area contributed by atoms with Crippen molar-refractivity contribution in [1.29, 1.82) is 0 Å². The van der Waals surface area contributed by atoms with Crippen LogP contribution in [0.1, 0.15) is 23.2 Å². The van der Waals surface area contributed by atoms with E-state index in [0.717, 1.165) is 6.54 Å². The van der Waals surface area contributed by atoms with Crippen molar-refractivity contribution in [2.45, 2.75) is 18.1 Å². The fourth-order valence-corrected chi connectivity index (χ4v) is 3.11. The quantitative estimate of drug-likeness (QED) is 0.882. The molecule has 92 valence electrons. The molecule has 17 heavy (non-hydrogen) atoms. The maximum Gasteiger partial charge on any atom is 0.337 e. The summed E-state index contributed by atoms with van der Waals surface area (Å²) >= 11 is 7.69. The molecule has 2 heterocycles. The highest BCUT2D eigenvalue weighted by Crippen LogP contribution is 2.26. The van der Waals surface area contributed by atoms with Crippen molar-refractivity contribution in [2.24, 2.45) is 0 Å². The van der Waals surface area contributed by atoms with Gasteiger partial charge in [0.15, 0.2) is 0 Å². The Bertz CT molecular complexity index is 422. The van der Waals surface area contributed by atoms with Gasteiger partial charge in [0.05, 0.1) is 10.6 Å². The molecule has 2 N–H and O–H groups in total. The number of aromatic nitrogens is 1. The molecule has 1 atom stereocenters. The zero-order valence-corrected chi connectivity index (χ0v) is 10.7. The van der Waals surface area contributed by atoms with Crippen molar-refractivity contribution in [3.8, 4) is 0 Å². The van der Waals surface area contributed by atoms with E-state index in [0.29, 0.717) is 11.1 Å². The average molecular weight is 273 g/mol. The number of nitrogens with zero attached hydrogens (tertiary/aromatic N) is 1. The first-order valence-corrected chi connectivity index (χ1v) is 6.84. The number of hydrogen-bond donors (Lipinski definition) is 2. The van der Waals surface area contributed by atoms with Crippen LogP contribution in [-0.4, -0.2) is 33.6 Å². The second-order valence-corrected chi connectivity index (χ2v) is 5.69. The molecule has 1 saturated heterocycles. The Hall–Kier alpha value is -0.940. The van der Waals surface area contributed by atoms with Crippen molar-refractivity contribution in [3.05, 3.63) is 22.8 Å². The van der Waals surface area contributed by atoms with Crippen molar-refractivity contribution in [2.75, 3.05) is 17.6 Å². The Balaban J connectivity index is 2.00. The lowest BCUT2D eigenvalue weighted by molar-refractivity contribution is 0.0697. The molecule has 4 nitrogen and oxygen atoms in total. The zero-order chi connectivity index (χ0) is 12.3. The monoisotopic (exact) mass is 272 g/mol. The second kappa shape index (κ2) is 5.60. The predicted octanol–water partition coefficient (Wildman–Crippen LogP) is 2.74. The molecule has 0 aromatic carbocycles. The number of carbonyl (C=O) groups is 1. The van der Waals surface area contributed by atoms with E-state index in [-0.39, 0.29) is 10.6 Å². The number of aromatic carboxylic acids is 1. The molecule has 2 rings (SSSR count). The average Bonchev–Trinajstić information content (AvgIpc) is 2.80. The molecule has 1 aromatic heterocycles. The van der Waals surface area contributed by atoms with E-state index in [1.807, 2.05) is 11.8 Å². The van der Waals surface area contributed by atoms with Crippen molar-refractivity contribution < 1.29 is 9.90 Å². The standard InChI is InChI=1S/C11H13ClN2O2S/c12-9-6-14-10(4-8(9)11(15)16)13-5-7-2-1-3-17-7/h4,6-7H,1-3,5H2,(H,13,14)(H,15,16). The normalized spacial score (nSPS) is 19.2. The van der Waals surface area contributed by atoms with Gasteiger partial charge in [-0.25, -0.2) is 9.78 Å². The number of thioether (sulfide) groups is 1. The SMILES string of the molecule is O=C(O)c1cc(NCC2CCCS2)ncc1Cl. The molecule has 1 aromatic rings. The summed E-state index contributed by atoms with van der Waals surface area (Å²) in [5.41, 5.74) is 0.0863. The zero-order valence-electron chi connectivity index (χ0n) is 9.15. The second-order valence-electron chi connectivity index (χ2n) is 3.87. The van der Waals surface area contributed by atoms with Crippen LogP contribution in [0.2, 0.25) is 5.02 Å². The van der Waals surface area contributed by atoms with E-state index in [1.54, 1.807) is 0 Å². The van der Waals surface area contributed by atoms with Crippen molar-refractivity contribution >= 4 is 35.1 Å². The molecule has 0 amide bonds. The fourth-order valence-electron chi connectivity index (χ4n) is 1.72.